The second-order valence-corrected chi connectivity index (χ2v) is 9.41. The summed E-state index contributed by atoms with van der Waals surface area (Å²) >= 11 is 0. The Bertz CT molecular complexity index is 783. The molecule has 0 fully saturated rings. The Labute approximate surface area is 215 Å². The summed E-state index contributed by atoms with van der Waals surface area (Å²) < 4.78 is 19.0. The molecule has 0 N–H and O–H groups in total. The largest absolute Gasteiger partial charge is 0.425 e. The summed E-state index contributed by atoms with van der Waals surface area (Å²) in [6.45, 7) is 20.8. The summed E-state index contributed by atoms with van der Waals surface area (Å²) in [6.07, 6.45) is 4.32. The standard InChI is InChI=1S/C27H36N2.CHF2.Ag/c1-18(2)22-11-9-12-23(19(3)4)26(22)28-15-16-29(17-28)27-24(20(5)6)13-10-14-25(27)21(7)8;2-1-3;/h9-16,18-21H,1-8H3;1H;/q;-1;. The van der Waals surface area contributed by atoms with Crippen molar-refractivity contribution in [3.63, 3.8) is 0 Å². The van der Waals surface area contributed by atoms with Gasteiger partial charge in [-0.15, -0.1) is 0 Å². The maximum atomic E-state index is 9.50. The fourth-order valence-electron chi connectivity index (χ4n) is 4.14. The van der Waals surface area contributed by atoms with E-state index in [1.165, 1.54) is 33.6 Å². The predicted molar refractivity (Wildman–Crippen MR) is 133 cm³/mol. The Morgan fingerprint density at radius 2 is 0.848 bits per heavy atom. The summed E-state index contributed by atoms with van der Waals surface area (Å²) in [7, 11) is 0. The van der Waals surface area contributed by atoms with Crippen LogP contribution < -0.4 is 9.80 Å². The number of anilines is 2. The summed E-state index contributed by atoms with van der Waals surface area (Å²) in [5.41, 5.74) is 8.05. The van der Waals surface area contributed by atoms with Crippen molar-refractivity contribution in [1.29, 1.82) is 0 Å². The average molecular weight is 547 g/mol. The minimum Gasteiger partial charge on any atom is -0.425 e. The molecule has 1 aliphatic rings. The molecule has 1 heterocycles. The SMILES string of the molecule is CC(C)c1cccc(C(C)C)c1N1[C]N(c2c(C(C)C)cccc2C(C)C)C=C1.F[CH-]F.[Ag]. The normalized spacial score (nSPS) is 13.2. The molecule has 1 aliphatic heterocycles. The smallest absolute Gasteiger partial charge is 0.217 e. The third-order valence-corrected chi connectivity index (χ3v) is 5.75. The number of rotatable bonds is 6. The molecule has 0 bridgehead atoms. The Kier molecular flexibility index (Phi) is 11.9. The minimum atomic E-state index is -1.00. The van der Waals surface area contributed by atoms with Crippen LogP contribution in [0.15, 0.2) is 48.8 Å². The molecular formula is C28H37AgF2N2-. The van der Waals surface area contributed by atoms with Gasteiger partial charge in [0.2, 0.25) is 6.67 Å². The Hall–Kier alpha value is -1.62. The van der Waals surface area contributed by atoms with E-state index in [0.29, 0.717) is 23.7 Å². The summed E-state index contributed by atoms with van der Waals surface area (Å²) in [5, 5.41) is 0. The van der Waals surface area contributed by atoms with Crippen LogP contribution in [0.4, 0.5) is 20.2 Å². The minimum absolute atomic E-state index is 0. The zero-order valence-electron chi connectivity index (χ0n) is 21.0. The van der Waals surface area contributed by atoms with Crippen LogP contribution in [0.3, 0.4) is 0 Å². The van der Waals surface area contributed by atoms with Crippen molar-refractivity contribution in [2.24, 2.45) is 0 Å². The summed E-state index contributed by atoms with van der Waals surface area (Å²) in [5.74, 6) is 1.84. The van der Waals surface area contributed by atoms with E-state index in [0.717, 1.165) is 0 Å². The maximum absolute atomic E-state index is 9.50. The van der Waals surface area contributed by atoms with Crippen molar-refractivity contribution in [3.05, 3.63) is 84.6 Å². The van der Waals surface area contributed by atoms with Crippen LogP contribution in [0.5, 0.6) is 0 Å². The zero-order chi connectivity index (χ0) is 24.0. The van der Waals surface area contributed by atoms with Gasteiger partial charge in [-0.05, 0) is 52.9 Å². The number of nitrogens with zero attached hydrogens (tertiary/aromatic N) is 2. The predicted octanol–water partition coefficient (Wildman–Crippen LogP) is 9.02. The fourth-order valence-corrected chi connectivity index (χ4v) is 4.14. The molecular weight excluding hydrogens is 510 g/mol. The van der Waals surface area contributed by atoms with Gasteiger partial charge >= 0.3 is 0 Å². The van der Waals surface area contributed by atoms with E-state index in [4.69, 9.17) is 0 Å². The van der Waals surface area contributed by atoms with E-state index in [1.54, 1.807) is 0 Å². The second kappa shape index (κ2) is 13.3. The van der Waals surface area contributed by atoms with Crippen LogP contribution in [0.25, 0.3) is 0 Å². The van der Waals surface area contributed by atoms with Gasteiger partial charge in [0.05, 0.1) is 11.4 Å². The second-order valence-electron chi connectivity index (χ2n) is 9.41. The van der Waals surface area contributed by atoms with E-state index >= 15 is 0 Å². The molecule has 2 nitrogen and oxygen atoms in total. The van der Waals surface area contributed by atoms with Crippen LogP contribution >= 0.6 is 0 Å². The van der Waals surface area contributed by atoms with Crippen LogP contribution in [0, 0.1) is 13.6 Å². The number of benzene rings is 2. The third kappa shape index (κ3) is 6.94. The Morgan fingerprint density at radius 3 is 1.06 bits per heavy atom. The van der Waals surface area contributed by atoms with Crippen LogP contribution in [-0.4, -0.2) is 0 Å². The molecule has 0 unspecified atom stereocenters. The first-order chi connectivity index (χ1) is 15.1. The van der Waals surface area contributed by atoms with Crippen molar-refractivity contribution in [2.75, 3.05) is 9.80 Å². The molecule has 3 radical (unpaired) electrons. The van der Waals surface area contributed by atoms with Gasteiger partial charge in [0.25, 0.3) is 0 Å². The first kappa shape index (κ1) is 29.4. The van der Waals surface area contributed by atoms with Gasteiger partial charge < -0.3 is 18.6 Å². The molecule has 3 rings (SSSR count). The van der Waals surface area contributed by atoms with Crippen molar-refractivity contribution >= 4 is 11.4 Å². The molecule has 0 spiro atoms. The first-order valence-electron chi connectivity index (χ1n) is 11.4. The van der Waals surface area contributed by atoms with Gasteiger partial charge in [0, 0.05) is 34.8 Å². The first-order valence-corrected chi connectivity index (χ1v) is 11.4. The van der Waals surface area contributed by atoms with Crippen LogP contribution in [-0.2, 0) is 22.4 Å². The van der Waals surface area contributed by atoms with Crippen LogP contribution in [0.2, 0.25) is 0 Å². The maximum Gasteiger partial charge on any atom is 0.217 e. The molecule has 0 aromatic heterocycles. The van der Waals surface area contributed by atoms with Crippen molar-refractivity contribution < 1.29 is 31.2 Å². The molecule has 0 saturated carbocycles. The summed E-state index contributed by atoms with van der Waals surface area (Å²) in [4.78, 5) is 4.40. The molecule has 0 saturated heterocycles. The monoisotopic (exact) mass is 546 g/mol. The van der Waals surface area contributed by atoms with Gasteiger partial charge in [0.15, 0.2) is 0 Å². The van der Waals surface area contributed by atoms with E-state index in [9.17, 15) is 8.78 Å². The van der Waals surface area contributed by atoms with Crippen molar-refractivity contribution in [1.82, 2.24) is 0 Å². The van der Waals surface area contributed by atoms with Crippen LogP contribution in [0.1, 0.15) is 101 Å². The number of para-hydroxylation sites is 2. The van der Waals surface area contributed by atoms with Gasteiger partial charge in [0.1, 0.15) is 0 Å². The van der Waals surface area contributed by atoms with E-state index in [-0.39, 0.29) is 22.4 Å². The number of hydrogen-bond acceptors (Lipinski definition) is 2. The van der Waals surface area contributed by atoms with Crippen molar-refractivity contribution in [2.45, 2.75) is 79.1 Å². The van der Waals surface area contributed by atoms with E-state index in [2.05, 4.69) is 121 Å². The Morgan fingerprint density at radius 1 is 0.606 bits per heavy atom. The zero-order valence-corrected chi connectivity index (χ0v) is 22.4. The summed E-state index contributed by atoms with van der Waals surface area (Å²) in [6, 6.07) is 13.4. The molecule has 0 aliphatic carbocycles. The topological polar surface area (TPSA) is 6.48 Å². The molecule has 5 heteroatoms. The molecule has 2 aromatic rings. The van der Waals surface area contributed by atoms with Gasteiger partial charge in [-0.3, -0.25) is 0 Å². The number of halogens is 2. The van der Waals surface area contributed by atoms with Gasteiger partial charge in [-0.25, -0.2) is 0 Å². The quantitative estimate of drug-likeness (QED) is 0.263. The van der Waals surface area contributed by atoms with Gasteiger partial charge in [-0.1, -0.05) is 91.8 Å². The Balaban J connectivity index is 0.00000129. The molecule has 0 amide bonds. The molecule has 0 atom stereocenters. The third-order valence-electron chi connectivity index (χ3n) is 5.75. The number of hydrogen-bond donors (Lipinski definition) is 0. The molecule has 2 aromatic carbocycles. The van der Waals surface area contributed by atoms with E-state index < -0.39 is 6.93 Å². The van der Waals surface area contributed by atoms with E-state index in [1.807, 2.05) is 0 Å². The molecule has 33 heavy (non-hydrogen) atoms. The fraction of sp³-hybridized carbons (Fsp3) is 0.429. The molecule has 185 valence electrons. The average Bonchev–Trinajstić information content (AvgIpc) is 3.22. The van der Waals surface area contributed by atoms with Crippen molar-refractivity contribution in [3.8, 4) is 0 Å². The van der Waals surface area contributed by atoms with Gasteiger partial charge in [-0.2, -0.15) is 0 Å².